The average Bonchev–Trinajstić information content (AvgIpc) is 2.62. The van der Waals surface area contributed by atoms with Crippen LogP contribution in [0.5, 0.6) is 17.2 Å². The third-order valence-electron chi connectivity index (χ3n) is 4.03. The molecule has 0 aliphatic rings. The van der Waals surface area contributed by atoms with Crippen molar-refractivity contribution in [2.75, 3.05) is 21.3 Å². The van der Waals surface area contributed by atoms with E-state index < -0.39 is 12.1 Å². The van der Waals surface area contributed by atoms with Crippen LogP contribution in [0.15, 0.2) is 12.1 Å². The molecule has 0 bridgehead atoms. The summed E-state index contributed by atoms with van der Waals surface area (Å²) in [6.07, 6.45) is 0.720. The lowest BCUT2D eigenvalue weighted by atomic mass is 9.98. The second-order valence-corrected chi connectivity index (χ2v) is 5.61. The first-order valence-corrected chi connectivity index (χ1v) is 8.00. The fraction of sp³-hybridized carbons (Fsp3) is 0.529. The second kappa shape index (κ2) is 9.61. The zero-order valence-electron chi connectivity index (χ0n) is 15.3. The van der Waals surface area contributed by atoms with Crippen LogP contribution in [0.25, 0.3) is 0 Å². The molecule has 0 aliphatic carbocycles. The summed E-state index contributed by atoms with van der Waals surface area (Å²) in [7, 11) is 4.59. The molecule has 1 aromatic rings. The van der Waals surface area contributed by atoms with E-state index in [4.69, 9.17) is 19.9 Å². The second-order valence-electron chi connectivity index (χ2n) is 5.61. The molecule has 140 valence electrons. The van der Waals surface area contributed by atoms with Crippen molar-refractivity contribution < 1.29 is 23.8 Å². The summed E-state index contributed by atoms with van der Waals surface area (Å²) in [4.78, 5) is 23.6. The average molecular weight is 353 g/mol. The largest absolute Gasteiger partial charge is 0.496 e. The molecule has 0 aliphatic heterocycles. The third-order valence-corrected chi connectivity index (χ3v) is 4.03. The Labute approximate surface area is 148 Å². The van der Waals surface area contributed by atoms with Crippen LogP contribution in [-0.2, 0) is 11.3 Å². The van der Waals surface area contributed by atoms with E-state index in [2.05, 4.69) is 10.6 Å². The van der Waals surface area contributed by atoms with E-state index in [1.165, 1.54) is 21.3 Å². The molecule has 0 radical (unpaired) electrons. The van der Waals surface area contributed by atoms with E-state index in [9.17, 15) is 9.59 Å². The molecule has 0 saturated carbocycles. The molecule has 1 aromatic carbocycles. The van der Waals surface area contributed by atoms with Crippen LogP contribution in [-0.4, -0.2) is 39.3 Å². The number of amides is 3. The van der Waals surface area contributed by atoms with E-state index in [-0.39, 0.29) is 18.4 Å². The normalized spacial score (nSPS) is 12.7. The molecule has 3 amide bonds. The highest BCUT2D eigenvalue weighted by Crippen LogP contribution is 2.34. The van der Waals surface area contributed by atoms with Crippen LogP contribution in [0, 0.1) is 5.92 Å². The van der Waals surface area contributed by atoms with Crippen molar-refractivity contribution in [1.82, 2.24) is 10.6 Å². The topological polar surface area (TPSA) is 112 Å². The quantitative estimate of drug-likeness (QED) is 0.621. The van der Waals surface area contributed by atoms with Crippen molar-refractivity contribution in [2.24, 2.45) is 11.7 Å². The maximum atomic E-state index is 12.5. The van der Waals surface area contributed by atoms with Crippen molar-refractivity contribution in [3.8, 4) is 17.2 Å². The Hall–Kier alpha value is -2.64. The Morgan fingerprint density at radius 1 is 1.08 bits per heavy atom. The number of carbonyl (C=O) groups is 2. The van der Waals surface area contributed by atoms with E-state index in [1.54, 1.807) is 12.1 Å². The lowest BCUT2D eigenvalue weighted by Crippen LogP contribution is -2.51. The van der Waals surface area contributed by atoms with Crippen LogP contribution in [0.4, 0.5) is 4.79 Å². The van der Waals surface area contributed by atoms with Gasteiger partial charge in [-0.15, -0.1) is 0 Å². The molecular formula is C17H27N3O5. The van der Waals surface area contributed by atoms with Gasteiger partial charge in [-0.1, -0.05) is 20.3 Å². The molecule has 8 heteroatoms. The summed E-state index contributed by atoms with van der Waals surface area (Å²) in [5.74, 6) is 1.24. The first-order chi connectivity index (χ1) is 11.9. The van der Waals surface area contributed by atoms with Gasteiger partial charge in [0, 0.05) is 18.2 Å². The lowest BCUT2D eigenvalue weighted by Gasteiger charge is -2.23. The van der Waals surface area contributed by atoms with Gasteiger partial charge in [0.05, 0.1) is 21.3 Å². The summed E-state index contributed by atoms with van der Waals surface area (Å²) < 4.78 is 15.8. The highest BCUT2D eigenvalue weighted by atomic mass is 16.5. The minimum Gasteiger partial charge on any atom is -0.496 e. The van der Waals surface area contributed by atoms with Gasteiger partial charge in [-0.3, -0.25) is 4.79 Å². The van der Waals surface area contributed by atoms with Crippen molar-refractivity contribution in [3.05, 3.63) is 17.7 Å². The molecule has 0 saturated heterocycles. The molecule has 0 fully saturated rings. The Balaban J connectivity index is 2.94. The smallest absolute Gasteiger partial charge is 0.312 e. The zero-order valence-corrected chi connectivity index (χ0v) is 15.3. The SMILES string of the molecule is CC[C@H](C)[C@H](NC(N)=O)C(=O)NCc1cc(OC)c(OC)cc1OC. The minimum absolute atomic E-state index is 0.0557. The summed E-state index contributed by atoms with van der Waals surface area (Å²) in [5, 5.41) is 5.28. The third kappa shape index (κ3) is 5.44. The highest BCUT2D eigenvalue weighted by molar-refractivity contribution is 5.86. The van der Waals surface area contributed by atoms with Gasteiger partial charge in [0.15, 0.2) is 11.5 Å². The van der Waals surface area contributed by atoms with Crippen LogP contribution in [0.3, 0.4) is 0 Å². The van der Waals surface area contributed by atoms with E-state index >= 15 is 0 Å². The van der Waals surface area contributed by atoms with E-state index in [1.807, 2.05) is 13.8 Å². The van der Waals surface area contributed by atoms with Gasteiger partial charge in [-0.05, 0) is 12.0 Å². The van der Waals surface area contributed by atoms with Gasteiger partial charge in [0.25, 0.3) is 0 Å². The number of benzene rings is 1. The Bertz CT molecular complexity index is 606. The van der Waals surface area contributed by atoms with E-state index in [0.29, 0.717) is 17.2 Å². The van der Waals surface area contributed by atoms with Gasteiger partial charge >= 0.3 is 6.03 Å². The van der Waals surface area contributed by atoms with Gasteiger partial charge < -0.3 is 30.6 Å². The summed E-state index contributed by atoms with van der Waals surface area (Å²) in [6, 6.07) is 1.99. The predicted octanol–water partition coefficient (Wildman–Crippen LogP) is 1.41. The Morgan fingerprint density at radius 3 is 2.12 bits per heavy atom. The standard InChI is InChI=1S/C17H27N3O5/c1-6-10(2)15(20-17(18)22)16(21)19-9-11-7-13(24-4)14(25-5)8-12(11)23-3/h7-8,10,15H,6,9H2,1-5H3,(H,19,21)(H3,18,20,22)/t10-,15-/m0/s1. The van der Waals surface area contributed by atoms with Crippen LogP contribution in [0.1, 0.15) is 25.8 Å². The molecule has 1 rings (SSSR count). The number of rotatable bonds is 9. The molecule has 0 aromatic heterocycles. The van der Waals surface area contributed by atoms with Crippen LogP contribution in [0.2, 0.25) is 0 Å². The number of methoxy groups -OCH3 is 3. The zero-order chi connectivity index (χ0) is 19.0. The molecule has 2 atom stereocenters. The molecule has 0 heterocycles. The predicted molar refractivity (Wildman–Crippen MR) is 93.9 cm³/mol. The number of hydrogen-bond donors (Lipinski definition) is 3. The van der Waals surface area contributed by atoms with Crippen molar-refractivity contribution in [1.29, 1.82) is 0 Å². The number of nitrogens with one attached hydrogen (secondary N) is 2. The first kappa shape index (κ1) is 20.4. The van der Waals surface area contributed by atoms with Crippen molar-refractivity contribution in [3.63, 3.8) is 0 Å². The Kier molecular flexibility index (Phi) is 7.84. The van der Waals surface area contributed by atoms with Gasteiger partial charge in [-0.25, -0.2) is 4.79 Å². The minimum atomic E-state index is -0.732. The monoisotopic (exact) mass is 353 g/mol. The molecule has 0 unspecified atom stereocenters. The summed E-state index contributed by atoms with van der Waals surface area (Å²) >= 11 is 0. The molecule has 8 nitrogen and oxygen atoms in total. The lowest BCUT2D eigenvalue weighted by molar-refractivity contribution is -0.124. The molecule has 4 N–H and O–H groups in total. The number of carbonyl (C=O) groups excluding carboxylic acids is 2. The van der Waals surface area contributed by atoms with Crippen LogP contribution >= 0.6 is 0 Å². The van der Waals surface area contributed by atoms with Gasteiger partial charge in [0.1, 0.15) is 11.8 Å². The number of hydrogen-bond acceptors (Lipinski definition) is 5. The summed E-state index contributed by atoms with van der Waals surface area (Å²) in [6.45, 7) is 4.01. The number of urea groups is 1. The Morgan fingerprint density at radius 2 is 1.64 bits per heavy atom. The number of primary amides is 1. The fourth-order valence-electron chi connectivity index (χ4n) is 2.38. The highest BCUT2D eigenvalue weighted by Gasteiger charge is 2.25. The van der Waals surface area contributed by atoms with Gasteiger partial charge in [0.2, 0.25) is 5.91 Å². The molecule has 25 heavy (non-hydrogen) atoms. The van der Waals surface area contributed by atoms with Crippen LogP contribution < -0.4 is 30.6 Å². The fourth-order valence-corrected chi connectivity index (χ4v) is 2.38. The van der Waals surface area contributed by atoms with Crippen molar-refractivity contribution in [2.45, 2.75) is 32.9 Å². The van der Waals surface area contributed by atoms with Gasteiger partial charge in [-0.2, -0.15) is 0 Å². The summed E-state index contributed by atoms with van der Waals surface area (Å²) in [5.41, 5.74) is 5.88. The molecule has 0 spiro atoms. The van der Waals surface area contributed by atoms with E-state index in [0.717, 1.165) is 12.0 Å². The number of nitrogens with two attached hydrogens (primary N) is 1. The first-order valence-electron chi connectivity index (χ1n) is 8.00. The maximum Gasteiger partial charge on any atom is 0.312 e. The van der Waals surface area contributed by atoms with Crippen molar-refractivity contribution >= 4 is 11.9 Å². The molecular weight excluding hydrogens is 326 g/mol. The number of ether oxygens (including phenoxy) is 3. The maximum absolute atomic E-state index is 12.5.